The first-order valence-corrected chi connectivity index (χ1v) is 3.16. The largest absolute Gasteiger partial charge is 0.485 e. The highest BCUT2D eigenvalue weighted by molar-refractivity contribution is 5.53. The van der Waals surface area contributed by atoms with Gasteiger partial charge in [0.1, 0.15) is 5.75 Å². The van der Waals surface area contributed by atoms with E-state index in [0.717, 1.165) is 0 Å². The van der Waals surface area contributed by atoms with E-state index >= 15 is 0 Å². The molecule has 2 N–H and O–H groups in total. The highest BCUT2D eigenvalue weighted by atomic mass is 16.5. The van der Waals surface area contributed by atoms with Crippen LogP contribution in [0.1, 0.15) is 0 Å². The molecule has 1 radical (unpaired) electrons. The highest BCUT2D eigenvalue weighted by Crippen LogP contribution is 2.13. The lowest BCUT2D eigenvalue weighted by Crippen LogP contribution is -1.97. The first-order chi connectivity index (χ1) is 5.33. The number of ether oxygens (including phenoxy) is 1. The molecular formula is C8H8NO2. The van der Waals surface area contributed by atoms with Crippen LogP contribution in [0, 0.1) is 0 Å². The van der Waals surface area contributed by atoms with Crippen molar-refractivity contribution in [2.75, 3.05) is 12.3 Å². The van der Waals surface area contributed by atoms with Crippen molar-refractivity contribution in [3.05, 3.63) is 24.3 Å². The Kier molecular flexibility index (Phi) is 2.49. The zero-order chi connectivity index (χ0) is 8.10. The van der Waals surface area contributed by atoms with E-state index in [4.69, 9.17) is 10.5 Å². The molecule has 0 spiro atoms. The average Bonchev–Trinajstić information content (AvgIpc) is 2.01. The van der Waals surface area contributed by atoms with Crippen LogP contribution in [0.4, 0.5) is 5.69 Å². The van der Waals surface area contributed by atoms with Crippen molar-refractivity contribution in [2.45, 2.75) is 0 Å². The van der Waals surface area contributed by atoms with Gasteiger partial charge in [-0.2, -0.15) is 0 Å². The number of carbonyl (C=O) groups excluding carboxylic acids is 1. The third-order valence-electron chi connectivity index (χ3n) is 1.16. The van der Waals surface area contributed by atoms with Gasteiger partial charge in [0.2, 0.25) is 6.29 Å². The zero-order valence-electron chi connectivity index (χ0n) is 5.91. The summed E-state index contributed by atoms with van der Waals surface area (Å²) in [5, 5.41) is 0. The summed E-state index contributed by atoms with van der Waals surface area (Å²) in [6.45, 7) is -0.0521. The molecule has 0 saturated carbocycles. The number of nitrogens with two attached hydrogens (primary N) is 1. The molecule has 0 saturated heterocycles. The van der Waals surface area contributed by atoms with Crippen molar-refractivity contribution in [3.8, 4) is 5.75 Å². The first kappa shape index (κ1) is 7.60. The fourth-order valence-electron chi connectivity index (χ4n) is 0.717. The molecule has 0 unspecified atom stereocenters. The van der Waals surface area contributed by atoms with Gasteiger partial charge in [0.05, 0.1) is 0 Å². The predicted molar refractivity (Wildman–Crippen MR) is 42.0 cm³/mol. The van der Waals surface area contributed by atoms with E-state index in [1.165, 1.54) is 0 Å². The topological polar surface area (TPSA) is 52.3 Å². The molecule has 0 bridgehead atoms. The lowest BCUT2D eigenvalue weighted by molar-refractivity contribution is 0.365. The van der Waals surface area contributed by atoms with Crippen LogP contribution >= 0.6 is 0 Å². The second-order valence-electron chi connectivity index (χ2n) is 2.01. The summed E-state index contributed by atoms with van der Waals surface area (Å²) in [6.07, 6.45) is 1.62. The molecule has 0 aromatic heterocycles. The SMILES string of the molecule is Nc1cccc(OC[C]=O)c1. The third-order valence-corrected chi connectivity index (χ3v) is 1.16. The Morgan fingerprint density at radius 2 is 2.36 bits per heavy atom. The van der Waals surface area contributed by atoms with E-state index < -0.39 is 0 Å². The minimum absolute atomic E-state index is 0.0521. The molecule has 11 heavy (non-hydrogen) atoms. The Bertz CT molecular complexity index is 248. The molecule has 3 heteroatoms. The van der Waals surface area contributed by atoms with Crippen LogP contribution < -0.4 is 10.5 Å². The van der Waals surface area contributed by atoms with Crippen LogP contribution in [0.2, 0.25) is 0 Å². The Labute approximate surface area is 64.8 Å². The normalized spacial score (nSPS) is 9.09. The summed E-state index contributed by atoms with van der Waals surface area (Å²) >= 11 is 0. The van der Waals surface area contributed by atoms with E-state index in [1.807, 2.05) is 0 Å². The molecule has 0 heterocycles. The second kappa shape index (κ2) is 3.61. The maximum atomic E-state index is 9.78. The van der Waals surface area contributed by atoms with Gasteiger partial charge in [-0.15, -0.1) is 0 Å². The summed E-state index contributed by atoms with van der Waals surface area (Å²) in [4.78, 5) is 9.78. The molecule has 0 amide bonds. The maximum Gasteiger partial charge on any atom is 0.239 e. The molecule has 57 valence electrons. The Balaban J connectivity index is 2.63. The van der Waals surface area contributed by atoms with Crippen LogP contribution in [-0.4, -0.2) is 12.9 Å². The van der Waals surface area contributed by atoms with E-state index in [-0.39, 0.29) is 6.61 Å². The van der Waals surface area contributed by atoms with Crippen molar-refractivity contribution < 1.29 is 9.53 Å². The van der Waals surface area contributed by atoms with Crippen molar-refractivity contribution in [2.24, 2.45) is 0 Å². The number of hydrogen-bond donors (Lipinski definition) is 1. The summed E-state index contributed by atoms with van der Waals surface area (Å²) < 4.78 is 4.93. The molecular weight excluding hydrogens is 142 g/mol. The van der Waals surface area contributed by atoms with Gasteiger partial charge in [0.25, 0.3) is 0 Å². The molecule has 1 aromatic rings. The second-order valence-corrected chi connectivity index (χ2v) is 2.01. The molecule has 3 nitrogen and oxygen atoms in total. The van der Waals surface area contributed by atoms with Gasteiger partial charge < -0.3 is 10.5 Å². The van der Waals surface area contributed by atoms with Gasteiger partial charge in [-0.3, -0.25) is 4.79 Å². The van der Waals surface area contributed by atoms with Gasteiger partial charge in [0, 0.05) is 11.8 Å². The fourth-order valence-corrected chi connectivity index (χ4v) is 0.717. The monoisotopic (exact) mass is 150 g/mol. The lowest BCUT2D eigenvalue weighted by atomic mass is 10.3. The standard InChI is InChI=1S/C8H8NO2/c9-7-2-1-3-8(6-7)11-5-4-10/h1-3,6H,5,9H2. The number of benzene rings is 1. The summed E-state index contributed by atoms with van der Waals surface area (Å²) in [7, 11) is 0. The first-order valence-electron chi connectivity index (χ1n) is 3.16. The van der Waals surface area contributed by atoms with Gasteiger partial charge in [-0.1, -0.05) is 6.07 Å². The summed E-state index contributed by atoms with van der Waals surface area (Å²) in [5.74, 6) is 0.591. The van der Waals surface area contributed by atoms with E-state index in [0.29, 0.717) is 11.4 Å². The molecule has 0 fully saturated rings. The lowest BCUT2D eigenvalue weighted by Gasteiger charge is -2.00. The number of nitrogen functional groups attached to an aromatic ring is 1. The Morgan fingerprint density at radius 3 is 3.00 bits per heavy atom. The van der Waals surface area contributed by atoms with Gasteiger partial charge in [-0.05, 0) is 12.1 Å². The van der Waals surface area contributed by atoms with Crippen molar-refractivity contribution in [1.29, 1.82) is 0 Å². The molecule has 0 aliphatic carbocycles. The van der Waals surface area contributed by atoms with Crippen LogP contribution in [0.25, 0.3) is 0 Å². The fraction of sp³-hybridized carbons (Fsp3) is 0.125. The van der Waals surface area contributed by atoms with Gasteiger partial charge in [0.15, 0.2) is 6.61 Å². The summed E-state index contributed by atoms with van der Waals surface area (Å²) in [5.41, 5.74) is 6.07. The van der Waals surface area contributed by atoms with Gasteiger partial charge >= 0.3 is 0 Å². The van der Waals surface area contributed by atoms with Crippen molar-refractivity contribution in [1.82, 2.24) is 0 Å². The highest BCUT2D eigenvalue weighted by Gasteiger charge is 1.91. The molecule has 1 rings (SSSR count). The number of hydrogen-bond acceptors (Lipinski definition) is 3. The van der Waals surface area contributed by atoms with Crippen molar-refractivity contribution in [3.63, 3.8) is 0 Å². The van der Waals surface area contributed by atoms with E-state index in [9.17, 15) is 4.79 Å². The zero-order valence-corrected chi connectivity index (χ0v) is 5.91. The van der Waals surface area contributed by atoms with E-state index in [2.05, 4.69) is 0 Å². The van der Waals surface area contributed by atoms with Crippen LogP contribution in [-0.2, 0) is 4.79 Å². The van der Waals surface area contributed by atoms with Crippen LogP contribution in [0.3, 0.4) is 0 Å². The van der Waals surface area contributed by atoms with Crippen LogP contribution in [0.15, 0.2) is 24.3 Å². The quantitative estimate of drug-likeness (QED) is 0.647. The average molecular weight is 150 g/mol. The van der Waals surface area contributed by atoms with Crippen molar-refractivity contribution >= 4 is 12.0 Å². The molecule has 0 aliphatic heterocycles. The minimum Gasteiger partial charge on any atom is -0.485 e. The van der Waals surface area contributed by atoms with E-state index in [1.54, 1.807) is 30.6 Å². The molecule has 1 aromatic carbocycles. The number of rotatable bonds is 3. The van der Waals surface area contributed by atoms with Gasteiger partial charge in [-0.25, -0.2) is 0 Å². The Morgan fingerprint density at radius 1 is 1.55 bits per heavy atom. The summed E-state index contributed by atoms with van der Waals surface area (Å²) in [6, 6.07) is 6.89. The van der Waals surface area contributed by atoms with Crippen LogP contribution in [0.5, 0.6) is 5.75 Å². The minimum atomic E-state index is -0.0521. The molecule has 0 aliphatic rings. The maximum absolute atomic E-state index is 9.78. The predicted octanol–water partition coefficient (Wildman–Crippen LogP) is 0.757. The number of anilines is 1. The smallest absolute Gasteiger partial charge is 0.239 e. The Hall–Kier alpha value is -1.51. The third kappa shape index (κ3) is 2.29. The molecule has 0 atom stereocenters.